The van der Waals surface area contributed by atoms with Crippen molar-refractivity contribution < 1.29 is 0 Å². The summed E-state index contributed by atoms with van der Waals surface area (Å²) in [5.41, 5.74) is 2.54. The Balaban J connectivity index is 4.12. The van der Waals surface area contributed by atoms with Crippen molar-refractivity contribution in [1.29, 1.82) is 0 Å². The first-order valence-electron chi connectivity index (χ1n) is 4.25. The van der Waals surface area contributed by atoms with E-state index in [9.17, 15) is 0 Å². The lowest BCUT2D eigenvalue weighted by molar-refractivity contribution is 0.440. The van der Waals surface area contributed by atoms with E-state index in [-0.39, 0.29) is 0 Å². The van der Waals surface area contributed by atoms with E-state index in [1.54, 1.807) is 0 Å². The highest BCUT2D eigenvalue weighted by atomic mass is 14.2. The fraction of sp³-hybridized carbons (Fsp3) is 0.636. The second-order valence-electron chi connectivity index (χ2n) is 3.86. The molecule has 0 amide bonds. The molecular formula is C11H20. The fourth-order valence-electron chi connectivity index (χ4n) is 1.35. The SMILES string of the molecule is C=C(C)CC(C(=C)C)C(C)C. The van der Waals surface area contributed by atoms with Gasteiger partial charge >= 0.3 is 0 Å². The van der Waals surface area contributed by atoms with Crippen LogP contribution < -0.4 is 0 Å². The quantitative estimate of drug-likeness (QED) is 0.537. The van der Waals surface area contributed by atoms with Crippen LogP contribution >= 0.6 is 0 Å². The Morgan fingerprint density at radius 2 is 1.64 bits per heavy atom. The van der Waals surface area contributed by atoms with Gasteiger partial charge in [0.25, 0.3) is 0 Å². The third-order valence-electron chi connectivity index (χ3n) is 2.01. The van der Waals surface area contributed by atoms with Gasteiger partial charge in [-0.1, -0.05) is 31.6 Å². The van der Waals surface area contributed by atoms with E-state index >= 15 is 0 Å². The molecule has 0 fully saturated rings. The molecule has 0 heteroatoms. The standard InChI is InChI=1S/C11H20/c1-8(2)7-11(9(3)4)10(5)6/h10-11H,1,3,7H2,2,4-6H3. The summed E-state index contributed by atoms with van der Waals surface area (Å²) in [6.07, 6.45) is 1.09. The Morgan fingerprint density at radius 3 is 1.73 bits per heavy atom. The van der Waals surface area contributed by atoms with Crippen LogP contribution in [0.4, 0.5) is 0 Å². The van der Waals surface area contributed by atoms with Crippen LogP contribution in [0, 0.1) is 11.8 Å². The Hall–Kier alpha value is -0.520. The molecule has 0 aromatic carbocycles. The first-order chi connectivity index (χ1) is 4.95. The second-order valence-corrected chi connectivity index (χ2v) is 3.86. The van der Waals surface area contributed by atoms with Crippen molar-refractivity contribution in [3.63, 3.8) is 0 Å². The van der Waals surface area contributed by atoms with Crippen molar-refractivity contribution in [2.45, 2.75) is 34.1 Å². The van der Waals surface area contributed by atoms with Crippen LogP contribution in [-0.2, 0) is 0 Å². The molecule has 0 saturated heterocycles. The van der Waals surface area contributed by atoms with Gasteiger partial charge in [-0.2, -0.15) is 0 Å². The maximum Gasteiger partial charge on any atom is -0.0149 e. The van der Waals surface area contributed by atoms with Gasteiger partial charge in [0.2, 0.25) is 0 Å². The lowest BCUT2D eigenvalue weighted by Crippen LogP contribution is -2.09. The van der Waals surface area contributed by atoms with Crippen LogP contribution in [-0.4, -0.2) is 0 Å². The van der Waals surface area contributed by atoms with Gasteiger partial charge in [-0.3, -0.25) is 0 Å². The van der Waals surface area contributed by atoms with E-state index in [1.165, 1.54) is 11.1 Å². The summed E-state index contributed by atoms with van der Waals surface area (Å²) in [6, 6.07) is 0. The largest absolute Gasteiger partial charge is 0.100 e. The van der Waals surface area contributed by atoms with Gasteiger partial charge in [-0.05, 0) is 32.1 Å². The summed E-state index contributed by atoms with van der Waals surface area (Å²) >= 11 is 0. The van der Waals surface area contributed by atoms with Crippen molar-refractivity contribution in [2.75, 3.05) is 0 Å². The topological polar surface area (TPSA) is 0 Å². The van der Waals surface area contributed by atoms with Crippen LogP contribution in [0.5, 0.6) is 0 Å². The minimum Gasteiger partial charge on any atom is -0.100 e. The average Bonchev–Trinajstić information content (AvgIpc) is 1.81. The van der Waals surface area contributed by atoms with E-state index in [2.05, 4.69) is 40.9 Å². The Kier molecular flexibility index (Phi) is 4.17. The lowest BCUT2D eigenvalue weighted by atomic mass is 9.85. The average molecular weight is 152 g/mol. The molecular weight excluding hydrogens is 132 g/mol. The first-order valence-corrected chi connectivity index (χ1v) is 4.25. The smallest absolute Gasteiger partial charge is 0.0149 e. The first kappa shape index (κ1) is 10.5. The minimum atomic E-state index is 0.618. The van der Waals surface area contributed by atoms with Crippen molar-refractivity contribution in [3.8, 4) is 0 Å². The minimum absolute atomic E-state index is 0.618. The highest BCUT2D eigenvalue weighted by Gasteiger charge is 2.13. The van der Waals surface area contributed by atoms with Gasteiger partial charge in [0.05, 0.1) is 0 Å². The summed E-state index contributed by atoms with van der Waals surface area (Å²) in [5, 5.41) is 0. The van der Waals surface area contributed by atoms with Crippen molar-refractivity contribution in [1.82, 2.24) is 0 Å². The van der Waals surface area contributed by atoms with Crippen LogP contribution in [0.1, 0.15) is 34.1 Å². The van der Waals surface area contributed by atoms with E-state index < -0.39 is 0 Å². The molecule has 0 aliphatic heterocycles. The van der Waals surface area contributed by atoms with Crippen molar-refractivity contribution in [2.24, 2.45) is 11.8 Å². The van der Waals surface area contributed by atoms with E-state index in [1.807, 2.05) is 0 Å². The molecule has 1 atom stereocenters. The molecule has 0 saturated carbocycles. The van der Waals surface area contributed by atoms with Gasteiger partial charge < -0.3 is 0 Å². The van der Waals surface area contributed by atoms with E-state index in [0.29, 0.717) is 11.8 Å². The summed E-state index contributed by atoms with van der Waals surface area (Å²) in [5.74, 6) is 1.30. The zero-order valence-electron chi connectivity index (χ0n) is 8.28. The predicted molar refractivity (Wildman–Crippen MR) is 52.6 cm³/mol. The highest BCUT2D eigenvalue weighted by molar-refractivity contribution is 5.04. The van der Waals surface area contributed by atoms with Crippen LogP contribution in [0.3, 0.4) is 0 Å². The lowest BCUT2D eigenvalue weighted by Gasteiger charge is -2.20. The Bertz CT molecular complexity index is 151. The van der Waals surface area contributed by atoms with Gasteiger partial charge in [-0.25, -0.2) is 0 Å². The van der Waals surface area contributed by atoms with Gasteiger partial charge in [0, 0.05) is 0 Å². The summed E-state index contributed by atoms with van der Waals surface area (Å²) in [4.78, 5) is 0. The van der Waals surface area contributed by atoms with Gasteiger partial charge in [0.15, 0.2) is 0 Å². The van der Waals surface area contributed by atoms with E-state index in [0.717, 1.165) is 6.42 Å². The number of hydrogen-bond donors (Lipinski definition) is 0. The maximum absolute atomic E-state index is 3.99. The molecule has 0 nitrogen and oxygen atoms in total. The molecule has 0 aliphatic carbocycles. The molecule has 0 spiro atoms. The Morgan fingerprint density at radius 1 is 1.18 bits per heavy atom. The Labute approximate surface area is 71.0 Å². The summed E-state index contributed by atoms with van der Waals surface area (Å²) < 4.78 is 0. The highest BCUT2D eigenvalue weighted by Crippen LogP contribution is 2.25. The fourth-order valence-corrected chi connectivity index (χ4v) is 1.35. The zero-order valence-corrected chi connectivity index (χ0v) is 8.28. The summed E-state index contributed by atoms with van der Waals surface area (Å²) in [6.45, 7) is 16.6. The van der Waals surface area contributed by atoms with Crippen molar-refractivity contribution >= 4 is 0 Å². The third-order valence-corrected chi connectivity index (χ3v) is 2.01. The monoisotopic (exact) mass is 152 g/mol. The molecule has 0 bridgehead atoms. The zero-order chi connectivity index (χ0) is 9.02. The van der Waals surface area contributed by atoms with Crippen LogP contribution in [0.25, 0.3) is 0 Å². The predicted octanol–water partition coefficient (Wildman–Crippen LogP) is 3.80. The molecule has 0 aromatic rings. The number of allylic oxidation sites excluding steroid dienone is 2. The maximum atomic E-state index is 3.99. The molecule has 0 heterocycles. The van der Waals surface area contributed by atoms with Gasteiger partial charge in [0.1, 0.15) is 0 Å². The normalized spacial score (nSPS) is 13.2. The second kappa shape index (κ2) is 4.38. The van der Waals surface area contributed by atoms with Gasteiger partial charge in [-0.15, -0.1) is 6.58 Å². The van der Waals surface area contributed by atoms with Crippen LogP contribution in [0.2, 0.25) is 0 Å². The molecule has 1 unspecified atom stereocenters. The number of hydrogen-bond acceptors (Lipinski definition) is 0. The molecule has 64 valence electrons. The number of rotatable bonds is 4. The molecule has 11 heavy (non-hydrogen) atoms. The molecule has 0 aliphatic rings. The summed E-state index contributed by atoms with van der Waals surface area (Å²) in [7, 11) is 0. The molecule has 0 radical (unpaired) electrons. The van der Waals surface area contributed by atoms with Crippen molar-refractivity contribution in [3.05, 3.63) is 24.3 Å². The molecule has 0 aromatic heterocycles. The third kappa shape index (κ3) is 4.02. The van der Waals surface area contributed by atoms with E-state index in [4.69, 9.17) is 0 Å². The molecule has 0 N–H and O–H groups in total. The molecule has 0 rings (SSSR count). The van der Waals surface area contributed by atoms with Crippen LogP contribution in [0.15, 0.2) is 24.3 Å².